The second-order valence-corrected chi connectivity index (χ2v) is 8.66. The molecule has 6 heteroatoms. The maximum atomic E-state index is 11.7. The van der Waals surface area contributed by atoms with Crippen molar-refractivity contribution < 1.29 is 19.0 Å². The molecule has 0 bridgehead atoms. The van der Waals surface area contributed by atoms with E-state index < -0.39 is 5.41 Å². The Morgan fingerprint density at radius 3 is 2.29 bits per heavy atom. The molecule has 6 nitrogen and oxygen atoms in total. The van der Waals surface area contributed by atoms with Crippen molar-refractivity contribution in [1.82, 2.24) is 4.90 Å². The fraction of sp³-hybridized carbons (Fsp3) is 0.517. The van der Waals surface area contributed by atoms with E-state index in [2.05, 4.69) is 31.9 Å². The molecule has 1 atom stereocenters. The Bertz CT molecular complexity index is 967. The second kappa shape index (κ2) is 15.1. The van der Waals surface area contributed by atoms with Gasteiger partial charge in [-0.1, -0.05) is 45.9 Å². The number of likely N-dealkylation sites (N-methyl/N-ethyl adjacent to an activating group) is 1. The van der Waals surface area contributed by atoms with E-state index in [1.807, 2.05) is 50.2 Å². The average molecular weight is 483 g/mol. The van der Waals surface area contributed by atoms with Crippen molar-refractivity contribution in [3.05, 3.63) is 59.2 Å². The Morgan fingerprint density at radius 1 is 1.03 bits per heavy atom. The van der Waals surface area contributed by atoms with Crippen LogP contribution >= 0.6 is 0 Å². The minimum Gasteiger partial charge on any atom is -0.493 e. The Labute approximate surface area is 211 Å². The number of hydrogen-bond donors (Lipinski definition) is 0. The molecule has 1 unspecified atom stereocenters. The van der Waals surface area contributed by atoms with Gasteiger partial charge in [0, 0.05) is 6.54 Å². The van der Waals surface area contributed by atoms with Crippen LogP contribution in [0.2, 0.25) is 0 Å². The van der Waals surface area contributed by atoms with Gasteiger partial charge in [0.05, 0.1) is 38.4 Å². The summed E-state index contributed by atoms with van der Waals surface area (Å²) >= 11 is 0. The molecule has 0 fully saturated rings. The summed E-state index contributed by atoms with van der Waals surface area (Å²) in [6.07, 6.45) is 2.47. The molecule has 0 saturated carbocycles. The highest BCUT2D eigenvalue weighted by molar-refractivity contribution is 5.89. The first kappa shape index (κ1) is 30.0. The van der Waals surface area contributed by atoms with Crippen LogP contribution < -0.4 is 9.47 Å². The van der Waals surface area contributed by atoms with Crippen molar-refractivity contribution in [2.24, 2.45) is 5.92 Å². The number of carbonyl (C=O) groups is 1. The minimum absolute atomic E-state index is 0.145. The third-order valence-electron chi connectivity index (χ3n) is 6.33. The number of hydrogen-bond acceptors (Lipinski definition) is 6. The first-order valence-corrected chi connectivity index (χ1v) is 12.3. The van der Waals surface area contributed by atoms with Crippen molar-refractivity contribution in [1.29, 1.82) is 5.26 Å². The van der Waals surface area contributed by atoms with Crippen molar-refractivity contribution in [3.63, 3.8) is 0 Å². The molecule has 192 valence electrons. The molecule has 0 N–H and O–H groups in total. The Morgan fingerprint density at radius 2 is 1.71 bits per heavy atom. The third-order valence-corrected chi connectivity index (χ3v) is 6.33. The number of carbonyl (C=O) groups excluding carboxylic acids is 1. The van der Waals surface area contributed by atoms with Gasteiger partial charge in [0.1, 0.15) is 0 Å². The molecule has 2 aromatic carbocycles. The Hall–Kier alpha value is -3.04. The summed E-state index contributed by atoms with van der Waals surface area (Å²) in [6.45, 7) is 9.93. The standard InChI is InChI=1S/C27H36N2O4.C2H6/c1-20(2)27(19-28,23-11-12-24(31-4)25(18-23)32-5)14-8-15-29(3)16-13-21-9-7-10-22(17-21)26(30)33-6;1-2/h7,9-12,17-18,20H,8,13-16H2,1-6H3;1-2H3. The molecule has 0 amide bonds. The molecule has 0 saturated heterocycles. The van der Waals surface area contributed by atoms with Gasteiger partial charge < -0.3 is 19.1 Å². The SMILES string of the molecule is CC.COC(=O)c1cccc(CCN(C)CCCC(C#N)(c2ccc(OC)c(OC)c2)C(C)C)c1. The number of ether oxygens (including phenoxy) is 3. The first-order valence-electron chi connectivity index (χ1n) is 12.3. The highest BCUT2D eigenvalue weighted by atomic mass is 16.5. The fourth-order valence-corrected chi connectivity index (χ4v) is 4.16. The molecule has 0 aliphatic heterocycles. The summed E-state index contributed by atoms with van der Waals surface area (Å²) < 4.78 is 15.6. The lowest BCUT2D eigenvalue weighted by molar-refractivity contribution is 0.0600. The lowest BCUT2D eigenvalue weighted by Crippen LogP contribution is -2.32. The average Bonchev–Trinajstić information content (AvgIpc) is 2.90. The summed E-state index contributed by atoms with van der Waals surface area (Å²) in [6, 6.07) is 16.0. The minimum atomic E-state index is -0.602. The summed E-state index contributed by atoms with van der Waals surface area (Å²) in [5, 5.41) is 10.2. The third kappa shape index (κ3) is 8.00. The van der Waals surface area contributed by atoms with Crippen LogP contribution in [0, 0.1) is 17.2 Å². The Balaban J connectivity index is 0.00000298. The maximum Gasteiger partial charge on any atom is 0.337 e. The highest BCUT2D eigenvalue weighted by Gasteiger charge is 2.36. The van der Waals surface area contributed by atoms with Gasteiger partial charge in [-0.2, -0.15) is 5.26 Å². The molecule has 0 radical (unpaired) electrons. The van der Waals surface area contributed by atoms with Crippen LogP contribution in [-0.2, 0) is 16.6 Å². The predicted octanol–water partition coefficient (Wildman–Crippen LogP) is 5.89. The lowest BCUT2D eigenvalue weighted by Gasteiger charge is -2.32. The molecule has 0 aliphatic rings. The van der Waals surface area contributed by atoms with Crippen molar-refractivity contribution >= 4 is 5.97 Å². The molecular weight excluding hydrogens is 440 g/mol. The van der Waals surface area contributed by atoms with E-state index in [4.69, 9.17) is 14.2 Å². The molecule has 35 heavy (non-hydrogen) atoms. The molecule has 2 rings (SSSR count). The monoisotopic (exact) mass is 482 g/mol. The van der Waals surface area contributed by atoms with Gasteiger partial charge in [-0.15, -0.1) is 0 Å². The molecule has 0 spiro atoms. The van der Waals surface area contributed by atoms with Crippen molar-refractivity contribution in [3.8, 4) is 17.6 Å². The fourth-order valence-electron chi connectivity index (χ4n) is 4.16. The Kier molecular flexibility index (Phi) is 12.9. The van der Waals surface area contributed by atoms with Gasteiger partial charge in [0.25, 0.3) is 0 Å². The number of nitrogens with zero attached hydrogens (tertiary/aromatic N) is 2. The van der Waals surface area contributed by atoms with E-state index in [1.54, 1.807) is 20.3 Å². The summed E-state index contributed by atoms with van der Waals surface area (Å²) in [5.41, 5.74) is 2.03. The van der Waals surface area contributed by atoms with E-state index in [9.17, 15) is 10.1 Å². The van der Waals surface area contributed by atoms with Crippen LogP contribution in [0.1, 0.15) is 62.0 Å². The second-order valence-electron chi connectivity index (χ2n) is 8.66. The van der Waals surface area contributed by atoms with Crippen LogP contribution in [-0.4, -0.2) is 52.3 Å². The lowest BCUT2D eigenvalue weighted by atomic mass is 9.69. The summed E-state index contributed by atoms with van der Waals surface area (Å²) in [4.78, 5) is 14.0. The zero-order valence-corrected chi connectivity index (χ0v) is 22.7. The van der Waals surface area contributed by atoms with Gasteiger partial charge in [-0.05, 0) is 74.2 Å². The summed E-state index contributed by atoms with van der Waals surface area (Å²) in [7, 11) is 6.70. The van der Waals surface area contributed by atoms with Gasteiger partial charge in [-0.3, -0.25) is 0 Å². The quantitative estimate of drug-likeness (QED) is 0.351. The smallest absolute Gasteiger partial charge is 0.337 e. The number of methoxy groups -OCH3 is 3. The molecule has 0 heterocycles. The molecule has 2 aromatic rings. The molecule has 0 aliphatic carbocycles. The number of esters is 1. The molecular formula is C29H42N2O4. The van der Waals surface area contributed by atoms with Gasteiger partial charge >= 0.3 is 5.97 Å². The number of benzene rings is 2. The zero-order chi connectivity index (χ0) is 26.4. The van der Waals surface area contributed by atoms with Crippen LogP contribution in [0.4, 0.5) is 0 Å². The largest absolute Gasteiger partial charge is 0.493 e. The number of nitriles is 1. The van der Waals surface area contributed by atoms with E-state index in [0.717, 1.165) is 43.5 Å². The van der Waals surface area contributed by atoms with Gasteiger partial charge in [-0.25, -0.2) is 4.79 Å². The molecule has 0 aromatic heterocycles. The predicted molar refractivity (Wildman–Crippen MR) is 141 cm³/mol. The first-order chi connectivity index (χ1) is 16.8. The van der Waals surface area contributed by atoms with Crippen LogP contribution in [0.5, 0.6) is 11.5 Å². The van der Waals surface area contributed by atoms with E-state index in [0.29, 0.717) is 17.1 Å². The van der Waals surface area contributed by atoms with Gasteiger partial charge in [0.2, 0.25) is 0 Å². The van der Waals surface area contributed by atoms with E-state index in [-0.39, 0.29) is 11.9 Å². The van der Waals surface area contributed by atoms with E-state index in [1.165, 1.54) is 7.11 Å². The van der Waals surface area contributed by atoms with Crippen LogP contribution in [0.15, 0.2) is 42.5 Å². The van der Waals surface area contributed by atoms with Crippen molar-refractivity contribution in [2.75, 3.05) is 41.5 Å². The van der Waals surface area contributed by atoms with Gasteiger partial charge in [0.15, 0.2) is 11.5 Å². The highest BCUT2D eigenvalue weighted by Crippen LogP contribution is 2.40. The number of rotatable bonds is 12. The van der Waals surface area contributed by atoms with Crippen LogP contribution in [0.3, 0.4) is 0 Å². The topological polar surface area (TPSA) is 71.8 Å². The van der Waals surface area contributed by atoms with E-state index >= 15 is 0 Å². The van der Waals surface area contributed by atoms with Crippen LogP contribution in [0.25, 0.3) is 0 Å². The normalized spacial score (nSPS) is 12.3. The maximum absolute atomic E-state index is 11.7. The zero-order valence-electron chi connectivity index (χ0n) is 22.7. The summed E-state index contributed by atoms with van der Waals surface area (Å²) in [5.74, 6) is 1.13. The van der Waals surface area contributed by atoms with Crippen molar-refractivity contribution in [2.45, 2.75) is 52.4 Å².